The molecule has 0 amide bonds. The highest BCUT2D eigenvalue weighted by molar-refractivity contribution is 5.45. The second kappa shape index (κ2) is 4.51. The van der Waals surface area contributed by atoms with Gasteiger partial charge in [-0.3, -0.25) is 0 Å². The minimum atomic E-state index is -0.237. The third kappa shape index (κ3) is 2.79. The second-order valence-corrected chi connectivity index (χ2v) is 2.78. The number of halogens is 1. The van der Waals surface area contributed by atoms with Crippen molar-refractivity contribution in [3.8, 4) is 12.3 Å². The highest BCUT2D eigenvalue weighted by Crippen LogP contribution is 2.10. The lowest BCUT2D eigenvalue weighted by Crippen LogP contribution is -2.15. The molecular formula is C11H12FN. The van der Waals surface area contributed by atoms with Gasteiger partial charge in [0.05, 0.1) is 6.04 Å². The maximum atomic E-state index is 12.5. The minimum absolute atomic E-state index is 0.0189. The first kappa shape index (κ1) is 9.60. The summed E-state index contributed by atoms with van der Waals surface area (Å²) in [6.45, 7) is 2.00. The molecule has 13 heavy (non-hydrogen) atoms. The minimum Gasteiger partial charge on any atom is -0.372 e. The molecule has 1 unspecified atom stereocenters. The third-order valence-electron chi connectivity index (χ3n) is 1.79. The van der Waals surface area contributed by atoms with Crippen LogP contribution in [-0.2, 0) is 0 Å². The summed E-state index contributed by atoms with van der Waals surface area (Å²) in [6.07, 6.45) is 6.13. The predicted octanol–water partition coefficient (Wildman–Crippen LogP) is 2.65. The number of nitrogens with one attached hydrogen (secondary N) is 1. The fourth-order valence-electron chi connectivity index (χ4n) is 1.01. The smallest absolute Gasteiger partial charge is 0.123 e. The maximum absolute atomic E-state index is 12.5. The average molecular weight is 177 g/mol. The molecule has 0 aliphatic heterocycles. The number of anilines is 1. The molecule has 0 aliphatic rings. The molecular weight excluding hydrogens is 165 g/mol. The van der Waals surface area contributed by atoms with Gasteiger partial charge in [-0.1, -0.05) is 12.8 Å². The lowest BCUT2D eigenvalue weighted by molar-refractivity contribution is 0.628. The number of rotatable bonds is 3. The van der Waals surface area contributed by atoms with E-state index in [4.69, 9.17) is 6.42 Å². The van der Waals surface area contributed by atoms with Crippen LogP contribution in [0.5, 0.6) is 0 Å². The van der Waals surface area contributed by atoms with Gasteiger partial charge in [-0.2, -0.15) is 0 Å². The molecule has 1 N–H and O–H groups in total. The fraction of sp³-hybridized carbons (Fsp3) is 0.273. The molecule has 2 heteroatoms. The zero-order chi connectivity index (χ0) is 9.68. The summed E-state index contributed by atoms with van der Waals surface area (Å²) in [5, 5.41) is 3.10. The normalized spacial score (nSPS) is 11.8. The van der Waals surface area contributed by atoms with Gasteiger partial charge in [-0.05, 0) is 30.7 Å². The van der Waals surface area contributed by atoms with Crippen molar-refractivity contribution in [3.63, 3.8) is 0 Å². The zero-order valence-corrected chi connectivity index (χ0v) is 7.55. The molecule has 1 aromatic rings. The molecule has 0 saturated heterocycles. The molecule has 1 rings (SSSR count). The Morgan fingerprint density at radius 2 is 2.08 bits per heavy atom. The number of benzene rings is 1. The topological polar surface area (TPSA) is 12.0 Å². The molecule has 0 bridgehead atoms. The van der Waals surface area contributed by atoms with Crippen molar-refractivity contribution in [2.45, 2.75) is 19.4 Å². The standard InChI is InChI=1S/C11H12FN/c1-3-10(4-2)13-11-7-5-9(12)6-8-11/h1,5-8,10,13H,4H2,2H3. The summed E-state index contributed by atoms with van der Waals surface area (Å²) >= 11 is 0. The van der Waals surface area contributed by atoms with E-state index >= 15 is 0 Å². The van der Waals surface area contributed by atoms with Gasteiger partial charge in [-0.15, -0.1) is 6.42 Å². The number of terminal acetylenes is 1. The highest BCUT2D eigenvalue weighted by Gasteiger charge is 2.00. The Kier molecular flexibility index (Phi) is 3.33. The Bertz CT molecular complexity index is 297. The van der Waals surface area contributed by atoms with E-state index in [2.05, 4.69) is 11.2 Å². The van der Waals surface area contributed by atoms with Crippen molar-refractivity contribution in [1.29, 1.82) is 0 Å². The molecule has 1 aromatic carbocycles. The molecule has 0 fully saturated rings. The van der Waals surface area contributed by atoms with Crippen LogP contribution in [0.15, 0.2) is 24.3 Å². The Balaban J connectivity index is 2.64. The third-order valence-corrected chi connectivity index (χ3v) is 1.79. The predicted molar refractivity (Wildman–Crippen MR) is 52.9 cm³/mol. The molecule has 1 nitrogen and oxygen atoms in total. The van der Waals surface area contributed by atoms with Crippen molar-refractivity contribution in [2.24, 2.45) is 0 Å². The van der Waals surface area contributed by atoms with Crippen molar-refractivity contribution < 1.29 is 4.39 Å². The molecule has 0 spiro atoms. The molecule has 0 radical (unpaired) electrons. The molecule has 0 saturated carbocycles. The highest BCUT2D eigenvalue weighted by atomic mass is 19.1. The monoisotopic (exact) mass is 177 g/mol. The van der Waals surface area contributed by atoms with E-state index in [1.54, 1.807) is 12.1 Å². The van der Waals surface area contributed by atoms with Crippen LogP contribution in [0.1, 0.15) is 13.3 Å². The van der Waals surface area contributed by atoms with Gasteiger partial charge in [0.1, 0.15) is 5.82 Å². The van der Waals surface area contributed by atoms with Crippen molar-refractivity contribution in [3.05, 3.63) is 30.1 Å². The summed E-state index contributed by atoms with van der Waals surface area (Å²) < 4.78 is 12.5. The Morgan fingerprint density at radius 1 is 1.46 bits per heavy atom. The zero-order valence-electron chi connectivity index (χ0n) is 7.55. The quantitative estimate of drug-likeness (QED) is 0.700. The Morgan fingerprint density at radius 3 is 2.54 bits per heavy atom. The van der Waals surface area contributed by atoms with Crippen LogP contribution in [0.4, 0.5) is 10.1 Å². The van der Waals surface area contributed by atoms with Gasteiger partial charge in [0.15, 0.2) is 0 Å². The summed E-state index contributed by atoms with van der Waals surface area (Å²) in [7, 11) is 0. The van der Waals surface area contributed by atoms with E-state index in [0.717, 1.165) is 12.1 Å². The van der Waals surface area contributed by atoms with E-state index in [9.17, 15) is 4.39 Å². The summed E-state index contributed by atoms with van der Waals surface area (Å²) in [6, 6.07) is 6.19. The van der Waals surface area contributed by atoms with Crippen LogP contribution >= 0.6 is 0 Å². The first-order valence-electron chi connectivity index (χ1n) is 4.24. The van der Waals surface area contributed by atoms with E-state index in [1.165, 1.54) is 12.1 Å². The van der Waals surface area contributed by atoms with Crippen LogP contribution in [0.2, 0.25) is 0 Å². The van der Waals surface area contributed by atoms with Crippen molar-refractivity contribution in [2.75, 3.05) is 5.32 Å². The Labute approximate surface area is 78.0 Å². The van der Waals surface area contributed by atoms with E-state index in [1.807, 2.05) is 6.92 Å². The van der Waals surface area contributed by atoms with Crippen LogP contribution < -0.4 is 5.32 Å². The fourth-order valence-corrected chi connectivity index (χ4v) is 1.01. The molecule has 0 heterocycles. The van der Waals surface area contributed by atoms with E-state index in [-0.39, 0.29) is 11.9 Å². The van der Waals surface area contributed by atoms with Gasteiger partial charge < -0.3 is 5.32 Å². The lowest BCUT2D eigenvalue weighted by Gasteiger charge is -2.11. The molecule has 1 atom stereocenters. The SMILES string of the molecule is C#CC(CC)Nc1ccc(F)cc1. The number of hydrogen-bond acceptors (Lipinski definition) is 1. The summed E-state index contributed by atoms with van der Waals surface area (Å²) in [4.78, 5) is 0. The van der Waals surface area contributed by atoms with Crippen molar-refractivity contribution in [1.82, 2.24) is 0 Å². The molecule has 0 aliphatic carbocycles. The van der Waals surface area contributed by atoms with Crippen molar-refractivity contribution >= 4 is 5.69 Å². The summed E-state index contributed by atoms with van der Waals surface area (Å²) in [5.41, 5.74) is 0.853. The van der Waals surface area contributed by atoms with Gasteiger partial charge in [0.25, 0.3) is 0 Å². The van der Waals surface area contributed by atoms with Gasteiger partial charge in [-0.25, -0.2) is 4.39 Å². The molecule has 68 valence electrons. The largest absolute Gasteiger partial charge is 0.372 e. The lowest BCUT2D eigenvalue weighted by atomic mass is 10.2. The van der Waals surface area contributed by atoms with Crippen LogP contribution in [-0.4, -0.2) is 6.04 Å². The van der Waals surface area contributed by atoms with E-state index in [0.29, 0.717) is 0 Å². The van der Waals surface area contributed by atoms with Gasteiger partial charge in [0, 0.05) is 5.69 Å². The molecule has 0 aromatic heterocycles. The number of hydrogen-bond donors (Lipinski definition) is 1. The second-order valence-electron chi connectivity index (χ2n) is 2.78. The van der Waals surface area contributed by atoms with Gasteiger partial charge >= 0.3 is 0 Å². The van der Waals surface area contributed by atoms with Crippen LogP contribution in [0.3, 0.4) is 0 Å². The maximum Gasteiger partial charge on any atom is 0.123 e. The first-order valence-corrected chi connectivity index (χ1v) is 4.24. The van der Waals surface area contributed by atoms with E-state index < -0.39 is 0 Å². The van der Waals surface area contributed by atoms with Crippen LogP contribution in [0.25, 0.3) is 0 Å². The first-order chi connectivity index (χ1) is 6.26. The van der Waals surface area contributed by atoms with Crippen LogP contribution in [0, 0.1) is 18.2 Å². The summed E-state index contributed by atoms with van der Waals surface area (Å²) in [5.74, 6) is 2.37. The average Bonchev–Trinajstić information content (AvgIpc) is 2.17. The van der Waals surface area contributed by atoms with Gasteiger partial charge in [0.2, 0.25) is 0 Å². The Hall–Kier alpha value is -1.49.